The summed E-state index contributed by atoms with van der Waals surface area (Å²) in [6, 6.07) is 11.8. The third kappa shape index (κ3) is 2.26. The monoisotopic (exact) mass is 262 g/mol. The third-order valence-corrected chi connectivity index (χ3v) is 3.49. The molecule has 0 N–H and O–H groups in total. The SMILES string of the molecule is Cn1c(CCc2ccncc2)nc2cc(C#N)ccc21. The summed E-state index contributed by atoms with van der Waals surface area (Å²) in [5.74, 6) is 1.03. The Morgan fingerprint density at radius 1 is 1.15 bits per heavy atom. The van der Waals surface area contributed by atoms with Crippen LogP contribution in [0.15, 0.2) is 42.7 Å². The first-order valence-electron chi connectivity index (χ1n) is 6.52. The van der Waals surface area contributed by atoms with Crippen molar-refractivity contribution >= 4 is 11.0 Å². The zero-order chi connectivity index (χ0) is 13.9. The standard InChI is InChI=1S/C16H14N4/c1-20-15-4-2-13(11-17)10-14(15)19-16(20)5-3-12-6-8-18-9-7-12/h2,4,6-10H,3,5H2,1H3. The molecule has 0 radical (unpaired) electrons. The predicted octanol–water partition coefficient (Wildman–Crippen LogP) is 2.63. The van der Waals surface area contributed by atoms with Gasteiger partial charge in [0.2, 0.25) is 0 Å². The summed E-state index contributed by atoms with van der Waals surface area (Å²) in [7, 11) is 2.02. The van der Waals surface area contributed by atoms with E-state index in [0.717, 1.165) is 29.7 Å². The van der Waals surface area contributed by atoms with Gasteiger partial charge in [0.15, 0.2) is 0 Å². The number of nitriles is 1. The van der Waals surface area contributed by atoms with Crippen LogP contribution in [0, 0.1) is 11.3 Å². The Labute approximate surface area is 117 Å². The van der Waals surface area contributed by atoms with Crippen LogP contribution in [0.5, 0.6) is 0 Å². The summed E-state index contributed by atoms with van der Waals surface area (Å²) >= 11 is 0. The molecular weight excluding hydrogens is 248 g/mol. The highest BCUT2D eigenvalue weighted by Crippen LogP contribution is 2.17. The summed E-state index contributed by atoms with van der Waals surface area (Å²) in [5, 5.41) is 8.93. The van der Waals surface area contributed by atoms with Crippen molar-refractivity contribution in [2.24, 2.45) is 7.05 Å². The molecule has 0 bridgehead atoms. The Hall–Kier alpha value is -2.67. The van der Waals surface area contributed by atoms with Gasteiger partial charge in [0.05, 0.1) is 22.7 Å². The van der Waals surface area contributed by atoms with E-state index >= 15 is 0 Å². The fourth-order valence-electron chi connectivity index (χ4n) is 2.35. The quantitative estimate of drug-likeness (QED) is 0.729. The maximum Gasteiger partial charge on any atom is 0.109 e. The van der Waals surface area contributed by atoms with E-state index < -0.39 is 0 Å². The van der Waals surface area contributed by atoms with Crippen LogP contribution in [-0.4, -0.2) is 14.5 Å². The molecule has 0 fully saturated rings. The molecule has 20 heavy (non-hydrogen) atoms. The number of hydrogen-bond donors (Lipinski definition) is 0. The number of hydrogen-bond acceptors (Lipinski definition) is 3. The topological polar surface area (TPSA) is 54.5 Å². The highest BCUT2D eigenvalue weighted by atomic mass is 15.1. The first kappa shape index (κ1) is 12.4. The van der Waals surface area contributed by atoms with Gasteiger partial charge in [-0.25, -0.2) is 4.98 Å². The average molecular weight is 262 g/mol. The van der Waals surface area contributed by atoms with Crippen LogP contribution in [-0.2, 0) is 19.9 Å². The normalized spacial score (nSPS) is 10.6. The number of pyridine rings is 1. The Kier molecular flexibility index (Phi) is 3.18. The maximum atomic E-state index is 8.93. The summed E-state index contributed by atoms with van der Waals surface area (Å²) in [6.45, 7) is 0. The third-order valence-electron chi connectivity index (χ3n) is 3.49. The Bertz CT molecular complexity index is 781. The van der Waals surface area contributed by atoms with E-state index in [1.807, 2.05) is 49.8 Å². The number of benzene rings is 1. The average Bonchev–Trinajstić information content (AvgIpc) is 2.82. The fraction of sp³-hybridized carbons (Fsp3) is 0.188. The van der Waals surface area contributed by atoms with Crippen molar-refractivity contribution in [1.29, 1.82) is 5.26 Å². The van der Waals surface area contributed by atoms with Crippen LogP contribution in [0.4, 0.5) is 0 Å². The maximum absolute atomic E-state index is 8.93. The van der Waals surface area contributed by atoms with Crippen LogP contribution in [0.25, 0.3) is 11.0 Å². The molecule has 0 amide bonds. The van der Waals surface area contributed by atoms with Crippen LogP contribution >= 0.6 is 0 Å². The molecule has 2 heterocycles. The molecule has 1 aromatic carbocycles. The van der Waals surface area contributed by atoms with Crippen molar-refractivity contribution in [1.82, 2.24) is 14.5 Å². The molecule has 0 aliphatic rings. The lowest BCUT2D eigenvalue weighted by Gasteiger charge is -2.02. The summed E-state index contributed by atoms with van der Waals surface area (Å²) in [4.78, 5) is 8.65. The number of imidazole rings is 1. The van der Waals surface area contributed by atoms with Crippen molar-refractivity contribution in [2.75, 3.05) is 0 Å². The zero-order valence-corrected chi connectivity index (χ0v) is 11.2. The molecule has 3 rings (SSSR count). The highest BCUT2D eigenvalue weighted by Gasteiger charge is 2.08. The van der Waals surface area contributed by atoms with Gasteiger partial charge in [-0.15, -0.1) is 0 Å². The summed E-state index contributed by atoms with van der Waals surface area (Å²) in [5.41, 5.74) is 3.85. The van der Waals surface area contributed by atoms with Crippen molar-refractivity contribution in [3.8, 4) is 6.07 Å². The summed E-state index contributed by atoms with van der Waals surface area (Å²) in [6.07, 6.45) is 5.43. The molecule has 2 aromatic heterocycles. The molecule has 0 saturated carbocycles. The predicted molar refractivity (Wildman–Crippen MR) is 77.1 cm³/mol. The van der Waals surface area contributed by atoms with Gasteiger partial charge in [0.25, 0.3) is 0 Å². The Balaban J connectivity index is 1.89. The minimum atomic E-state index is 0.649. The Morgan fingerprint density at radius 2 is 1.95 bits per heavy atom. The smallest absolute Gasteiger partial charge is 0.109 e. The second kappa shape index (κ2) is 5.14. The molecule has 0 aliphatic heterocycles. The number of aryl methyl sites for hydroxylation is 3. The van der Waals surface area contributed by atoms with Crippen LogP contribution < -0.4 is 0 Å². The number of rotatable bonds is 3. The highest BCUT2D eigenvalue weighted by molar-refractivity contribution is 5.77. The van der Waals surface area contributed by atoms with Gasteiger partial charge in [0.1, 0.15) is 5.82 Å². The van der Waals surface area contributed by atoms with Gasteiger partial charge in [-0.2, -0.15) is 5.26 Å². The van der Waals surface area contributed by atoms with Crippen LogP contribution in [0.1, 0.15) is 17.0 Å². The van der Waals surface area contributed by atoms with Gasteiger partial charge in [0, 0.05) is 25.9 Å². The van der Waals surface area contributed by atoms with E-state index in [9.17, 15) is 0 Å². The van der Waals surface area contributed by atoms with Crippen molar-refractivity contribution < 1.29 is 0 Å². The van der Waals surface area contributed by atoms with E-state index in [2.05, 4.69) is 20.6 Å². The minimum Gasteiger partial charge on any atom is -0.331 e. The zero-order valence-electron chi connectivity index (χ0n) is 11.2. The van der Waals surface area contributed by atoms with Crippen LogP contribution in [0.2, 0.25) is 0 Å². The molecule has 98 valence electrons. The lowest BCUT2D eigenvalue weighted by Crippen LogP contribution is -2.00. The molecule has 0 aliphatic carbocycles. The van der Waals surface area contributed by atoms with Crippen molar-refractivity contribution in [3.63, 3.8) is 0 Å². The number of nitrogens with zero attached hydrogens (tertiary/aromatic N) is 4. The molecule has 0 spiro atoms. The molecule has 3 aromatic rings. The fourth-order valence-corrected chi connectivity index (χ4v) is 2.35. The van der Waals surface area contributed by atoms with Crippen molar-refractivity contribution in [2.45, 2.75) is 12.8 Å². The van der Waals surface area contributed by atoms with E-state index in [-0.39, 0.29) is 0 Å². The van der Waals surface area contributed by atoms with Gasteiger partial charge in [-0.3, -0.25) is 4.98 Å². The van der Waals surface area contributed by atoms with E-state index in [0.29, 0.717) is 5.56 Å². The van der Waals surface area contributed by atoms with E-state index in [1.165, 1.54) is 5.56 Å². The van der Waals surface area contributed by atoms with Gasteiger partial charge < -0.3 is 4.57 Å². The summed E-state index contributed by atoms with van der Waals surface area (Å²) < 4.78 is 2.09. The van der Waals surface area contributed by atoms with Gasteiger partial charge in [-0.05, 0) is 42.3 Å². The lowest BCUT2D eigenvalue weighted by atomic mass is 10.1. The van der Waals surface area contributed by atoms with Gasteiger partial charge >= 0.3 is 0 Å². The first-order chi connectivity index (χ1) is 9.78. The molecule has 4 heteroatoms. The first-order valence-corrected chi connectivity index (χ1v) is 6.52. The Morgan fingerprint density at radius 3 is 2.70 bits per heavy atom. The molecule has 0 unspecified atom stereocenters. The minimum absolute atomic E-state index is 0.649. The number of fused-ring (bicyclic) bond motifs is 1. The molecule has 0 saturated heterocycles. The molecular formula is C16H14N4. The number of aromatic nitrogens is 3. The van der Waals surface area contributed by atoms with Crippen molar-refractivity contribution in [3.05, 3.63) is 59.7 Å². The lowest BCUT2D eigenvalue weighted by molar-refractivity contribution is 0.786. The largest absolute Gasteiger partial charge is 0.331 e. The van der Waals surface area contributed by atoms with Gasteiger partial charge in [-0.1, -0.05) is 0 Å². The van der Waals surface area contributed by atoms with Crippen LogP contribution in [0.3, 0.4) is 0 Å². The van der Waals surface area contributed by atoms with E-state index in [4.69, 9.17) is 5.26 Å². The second-order valence-electron chi connectivity index (χ2n) is 4.76. The molecule has 4 nitrogen and oxygen atoms in total. The van der Waals surface area contributed by atoms with E-state index in [1.54, 1.807) is 0 Å². The molecule has 0 atom stereocenters. The second-order valence-corrected chi connectivity index (χ2v) is 4.76.